The summed E-state index contributed by atoms with van der Waals surface area (Å²) < 4.78 is 1.70. The molecule has 0 atom stereocenters. The minimum Gasteiger partial charge on any atom is -0.318 e. The molecule has 82 valence electrons. The first kappa shape index (κ1) is 11.2. The quantitative estimate of drug-likeness (QED) is 0.812. The molecule has 0 aliphatic carbocycles. The molecule has 4 nitrogen and oxygen atoms in total. The van der Waals surface area contributed by atoms with Crippen LogP contribution in [0.15, 0.2) is 30.6 Å². The zero-order valence-corrected chi connectivity index (χ0v) is 9.52. The lowest BCUT2D eigenvalue weighted by Crippen LogP contribution is -2.02. The molecule has 0 unspecified atom stereocenters. The first-order valence-electron chi connectivity index (χ1n) is 4.84. The van der Waals surface area contributed by atoms with Gasteiger partial charge in [0.2, 0.25) is 5.82 Å². The third kappa shape index (κ3) is 2.28. The molecule has 0 amide bonds. The number of rotatable bonds is 2. The molecule has 17 heavy (non-hydrogen) atoms. The Balaban J connectivity index is 2.32. The molecule has 0 saturated carbocycles. The van der Waals surface area contributed by atoms with Gasteiger partial charge in [0.25, 0.3) is 0 Å². The molecular formula is C12H7ClN4. The molecule has 2 rings (SSSR count). The molecule has 1 heterocycles. The van der Waals surface area contributed by atoms with Crippen LogP contribution in [0.25, 0.3) is 0 Å². The Morgan fingerprint density at radius 2 is 2.12 bits per heavy atom. The monoisotopic (exact) mass is 242 g/mol. The van der Waals surface area contributed by atoms with Crippen LogP contribution in [0, 0.1) is 22.7 Å². The van der Waals surface area contributed by atoms with Crippen molar-refractivity contribution in [1.82, 2.24) is 9.55 Å². The SMILES string of the molecule is N#Cc1ccc(Cn2ccnc2C#N)c(Cl)c1. The highest BCUT2D eigenvalue weighted by atomic mass is 35.5. The molecule has 2 aromatic rings. The summed E-state index contributed by atoms with van der Waals surface area (Å²) in [7, 11) is 0. The number of hydrogen-bond donors (Lipinski definition) is 0. The molecule has 0 fully saturated rings. The summed E-state index contributed by atoms with van der Waals surface area (Å²) in [5, 5.41) is 18.1. The van der Waals surface area contributed by atoms with E-state index in [2.05, 4.69) is 4.98 Å². The molecule has 0 radical (unpaired) electrons. The predicted octanol–water partition coefficient (Wildman–Crippen LogP) is 2.33. The number of imidazole rings is 1. The van der Waals surface area contributed by atoms with E-state index in [-0.39, 0.29) is 0 Å². The Labute approximate surface area is 103 Å². The minimum atomic E-state index is 0.338. The highest BCUT2D eigenvalue weighted by molar-refractivity contribution is 6.31. The van der Waals surface area contributed by atoms with Crippen molar-refractivity contribution >= 4 is 11.6 Å². The van der Waals surface area contributed by atoms with Gasteiger partial charge in [0.05, 0.1) is 18.2 Å². The van der Waals surface area contributed by atoms with Crippen LogP contribution in [-0.2, 0) is 6.54 Å². The lowest BCUT2D eigenvalue weighted by Gasteiger charge is -2.06. The number of nitrogens with zero attached hydrogens (tertiary/aromatic N) is 4. The Morgan fingerprint density at radius 3 is 2.76 bits per heavy atom. The molecular weight excluding hydrogens is 236 g/mol. The van der Waals surface area contributed by atoms with Crippen LogP contribution in [0.5, 0.6) is 0 Å². The number of benzene rings is 1. The summed E-state index contributed by atoms with van der Waals surface area (Å²) in [6.07, 6.45) is 3.28. The number of hydrogen-bond acceptors (Lipinski definition) is 3. The van der Waals surface area contributed by atoms with Crippen molar-refractivity contribution < 1.29 is 0 Å². The Morgan fingerprint density at radius 1 is 1.29 bits per heavy atom. The van der Waals surface area contributed by atoms with Crippen molar-refractivity contribution in [2.75, 3.05) is 0 Å². The molecule has 0 saturated heterocycles. The van der Waals surface area contributed by atoms with Gasteiger partial charge in [-0.25, -0.2) is 4.98 Å². The van der Waals surface area contributed by atoms with Crippen LogP contribution in [0.2, 0.25) is 5.02 Å². The van der Waals surface area contributed by atoms with Crippen LogP contribution < -0.4 is 0 Å². The van der Waals surface area contributed by atoms with E-state index >= 15 is 0 Å². The van der Waals surface area contributed by atoms with Crippen molar-refractivity contribution in [3.63, 3.8) is 0 Å². The lowest BCUT2D eigenvalue weighted by molar-refractivity contribution is 0.782. The van der Waals surface area contributed by atoms with Gasteiger partial charge in [-0.1, -0.05) is 17.7 Å². The van der Waals surface area contributed by atoms with Crippen molar-refractivity contribution in [1.29, 1.82) is 10.5 Å². The Bertz CT molecular complexity index is 631. The molecule has 0 bridgehead atoms. The molecule has 1 aromatic heterocycles. The molecule has 0 aliphatic rings. The van der Waals surface area contributed by atoms with Crippen LogP contribution in [0.3, 0.4) is 0 Å². The summed E-state index contributed by atoms with van der Waals surface area (Å²) in [6.45, 7) is 0.466. The summed E-state index contributed by atoms with van der Waals surface area (Å²) >= 11 is 6.05. The molecule has 0 spiro atoms. The van der Waals surface area contributed by atoms with Crippen molar-refractivity contribution in [3.05, 3.63) is 52.6 Å². The summed E-state index contributed by atoms with van der Waals surface area (Å²) in [5.41, 5.74) is 1.37. The summed E-state index contributed by atoms with van der Waals surface area (Å²) in [6, 6.07) is 9.10. The Kier molecular flexibility index (Phi) is 3.09. The van der Waals surface area contributed by atoms with Gasteiger partial charge in [-0.05, 0) is 17.7 Å². The fourth-order valence-corrected chi connectivity index (χ4v) is 1.72. The van der Waals surface area contributed by atoms with Crippen molar-refractivity contribution in [3.8, 4) is 12.1 Å². The molecule has 0 aliphatic heterocycles. The van der Waals surface area contributed by atoms with E-state index in [1.54, 1.807) is 35.2 Å². The van der Waals surface area contributed by atoms with E-state index in [0.717, 1.165) is 5.56 Å². The highest BCUT2D eigenvalue weighted by Crippen LogP contribution is 2.19. The average Bonchev–Trinajstić information content (AvgIpc) is 2.79. The van der Waals surface area contributed by atoms with E-state index in [9.17, 15) is 0 Å². The van der Waals surface area contributed by atoms with E-state index in [0.29, 0.717) is 23.0 Å². The number of halogens is 1. The van der Waals surface area contributed by atoms with E-state index in [4.69, 9.17) is 22.1 Å². The third-order valence-electron chi connectivity index (χ3n) is 2.34. The Hall–Kier alpha value is -2.30. The van der Waals surface area contributed by atoms with Crippen molar-refractivity contribution in [2.45, 2.75) is 6.54 Å². The van der Waals surface area contributed by atoms with E-state index in [1.165, 1.54) is 0 Å². The fourth-order valence-electron chi connectivity index (χ4n) is 1.48. The van der Waals surface area contributed by atoms with Crippen molar-refractivity contribution in [2.24, 2.45) is 0 Å². The predicted molar refractivity (Wildman–Crippen MR) is 62.2 cm³/mol. The first-order chi connectivity index (χ1) is 8.24. The fraction of sp³-hybridized carbons (Fsp3) is 0.0833. The van der Waals surface area contributed by atoms with Gasteiger partial charge in [0.15, 0.2) is 0 Å². The third-order valence-corrected chi connectivity index (χ3v) is 2.69. The van der Waals surface area contributed by atoms with E-state index < -0.39 is 0 Å². The normalized spacial score (nSPS) is 9.59. The van der Waals surface area contributed by atoms with Gasteiger partial charge in [-0.15, -0.1) is 0 Å². The maximum Gasteiger partial charge on any atom is 0.213 e. The molecule has 1 aromatic carbocycles. The zero-order chi connectivity index (χ0) is 12.3. The molecule has 5 heteroatoms. The van der Waals surface area contributed by atoms with Crippen LogP contribution in [-0.4, -0.2) is 9.55 Å². The van der Waals surface area contributed by atoms with Gasteiger partial charge in [-0.2, -0.15) is 10.5 Å². The van der Waals surface area contributed by atoms with Crippen LogP contribution >= 0.6 is 11.6 Å². The summed E-state index contributed by atoms with van der Waals surface area (Å²) in [4.78, 5) is 3.90. The van der Waals surface area contributed by atoms with Crippen LogP contribution in [0.4, 0.5) is 0 Å². The van der Waals surface area contributed by atoms with Gasteiger partial charge in [-0.3, -0.25) is 0 Å². The first-order valence-corrected chi connectivity index (χ1v) is 5.22. The minimum absolute atomic E-state index is 0.338. The number of nitriles is 2. The second kappa shape index (κ2) is 4.69. The summed E-state index contributed by atoms with van der Waals surface area (Å²) in [5.74, 6) is 0.338. The smallest absolute Gasteiger partial charge is 0.213 e. The van der Waals surface area contributed by atoms with Gasteiger partial charge >= 0.3 is 0 Å². The second-order valence-electron chi connectivity index (χ2n) is 3.41. The highest BCUT2D eigenvalue weighted by Gasteiger charge is 2.06. The topological polar surface area (TPSA) is 65.4 Å². The standard InChI is InChI=1S/C12H7ClN4/c13-11-5-9(6-14)1-2-10(11)8-17-4-3-16-12(17)7-15/h1-5H,8H2. The van der Waals surface area contributed by atoms with Gasteiger partial charge in [0.1, 0.15) is 6.07 Å². The van der Waals surface area contributed by atoms with Gasteiger partial charge < -0.3 is 4.57 Å². The largest absolute Gasteiger partial charge is 0.318 e. The lowest BCUT2D eigenvalue weighted by atomic mass is 10.1. The molecule has 0 N–H and O–H groups in total. The average molecular weight is 243 g/mol. The van der Waals surface area contributed by atoms with Gasteiger partial charge in [0, 0.05) is 17.4 Å². The van der Waals surface area contributed by atoms with Crippen LogP contribution in [0.1, 0.15) is 17.0 Å². The zero-order valence-electron chi connectivity index (χ0n) is 8.76. The van der Waals surface area contributed by atoms with E-state index in [1.807, 2.05) is 12.1 Å². The number of aromatic nitrogens is 2. The maximum atomic E-state index is 8.83. The maximum absolute atomic E-state index is 8.83. The second-order valence-corrected chi connectivity index (χ2v) is 3.82.